The monoisotopic (exact) mass is 244 g/mol. The Balaban J connectivity index is 2.90. The van der Waals surface area contributed by atoms with Crippen molar-refractivity contribution in [3.8, 4) is 0 Å². The van der Waals surface area contributed by atoms with Crippen molar-refractivity contribution in [1.29, 1.82) is 0 Å². The molecular formula is C10H9FO4S. The molecule has 0 bridgehead atoms. The van der Waals surface area contributed by atoms with Gasteiger partial charge >= 0.3 is 5.97 Å². The fourth-order valence-corrected chi connectivity index (χ4v) is 2.12. The van der Waals surface area contributed by atoms with Gasteiger partial charge in [-0.2, -0.15) is 4.39 Å². The summed E-state index contributed by atoms with van der Waals surface area (Å²) in [7, 11) is -3.67. The lowest BCUT2D eigenvalue weighted by molar-refractivity contribution is -0.134. The van der Waals surface area contributed by atoms with Gasteiger partial charge in [0.05, 0.1) is 10.6 Å². The summed E-state index contributed by atoms with van der Waals surface area (Å²) in [6.45, 7) is 0. The van der Waals surface area contributed by atoms with E-state index in [-0.39, 0.29) is 4.90 Å². The molecular weight excluding hydrogens is 235 g/mol. The number of carboxylic acids is 1. The Morgan fingerprint density at radius 2 is 1.88 bits per heavy atom. The highest BCUT2D eigenvalue weighted by atomic mass is 32.2. The van der Waals surface area contributed by atoms with Gasteiger partial charge in [-0.3, -0.25) is 0 Å². The molecule has 0 heterocycles. The van der Waals surface area contributed by atoms with Crippen LogP contribution in [0.5, 0.6) is 0 Å². The van der Waals surface area contributed by atoms with Gasteiger partial charge in [-0.05, 0) is 18.2 Å². The fraction of sp³-hybridized carbons (Fsp3) is 0.100. The van der Waals surface area contributed by atoms with Crippen molar-refractivity contribution in [2.45, 2.75) is 4.90 Å². The van der Waals surface area contributed by atoms with E-state index in [9.17, 15) is 17.6 Å². The first-order chi connectivity index (χ1) is 7.43. The Morgan fingerprint density at radius 3 is 2.38 bits per heavy atom. The van der Waals surface area contributed by atoms with Gasteiger partial charge in [-0.15, -0.1) is 0 Å². The van der Waals surface area contributed by atoms with Gasteiger partial charge in [0, 0.05) is 0 Å². The summed E-state index contributed by atoms with van der Waals surface area (Å²) in [5, 5.41) is 8.21. The number of halogens is 1. The van der Waals surface area contributed by atoms with Crippen LogP contribution in [0.1, 0.15) is 0 Å². The van der Waals surface area contributed by atoms with Crippen molar-refractivity contribution in [3.05, 3.63) is 42.2 Å². The van der Waals surface area contributed by atoms with Crippen LogP contribution in [0.4, 0.5) is 4.39 Å². The molecule has 6 heteroatoms. The van der Waals surface area contributed by atoms with Gasteiger partial charge in [0.1, 0.15) is 0 Å². The molecule has 0 unspecified atom stereocenters. The van der Waals surface area contributed by atoms with Crippen LogP contribution >= 0.6 is 0 Å². The SMILES string of the molecule is O=C(O)/C(F)=C\CS(=O)(=O)c1ccccc1. The van der Waals surface area contributed by atoms with E-state index in [1.54, 1.807) is 6.07 Å². The highest BCUT2D eigenvalue weighted by Gasteiger charge is 2.14. The number of hydrogen-bond acceptors (Lipinski definition) is 3. The maximum Gasteiger partial charge on any atom is 0.364 e. The molecule has 16 heavy (non-hydrogen) atoms. The lowest BCUT2D eigenvalue weighted by atomic mass is 10.4. The molecule has 1 rings (SSSR count). The predicted molar refractivity (Wildman–Crippen MR) is 55.3 cm³/mol. The predicted octanol–water partition coefficient (Wildman–Crippen LogP) is 1.40. The quantitative estimate of drug-likeness (QED) is 0.812. The number of sulfone groups is 1. The Labute approximate surface area is 91.9 Å². The minimum Gasteiger partial charge on any atom is -0.476 e. The van der Waals surface area contributed by atoms with E-state index in [0.717, 1.165) is 0 Å². The average Bonchev–Trinajstić information content (AvgIpc) is 2.27. The standard InChI is InChI=1S/C10H9FO4S/c11-9(10(12)13)6-7-16(14,15)8-4-2-1-3-5-8/h1-6H,7H2,(H,12,13)/b9-6+. The first kappa shape index (κ1) is 12.4. The Hall–Kier alpha value is -1.69. The second kappa shape index (κ2) is 4.89. The van der Waals surface area contributed by atoms with Crippen LogP contribution in [-0.4, -0.2) is 25.2 Å². The molecule has 0 aliphatic rings. The van der Waals surface area contributed by atoms with Crippen molar-refractivity contribution in [2.75, 3.05) is 5.75 Å². The zero-order chi connectivity index (χ0) is 12.2. The molecule has 1 aromatic rings. The molecule has 0 radical (unpaired) electrons. The highest BCUT2D eigenvalue weighted by molar-refractivity contribution is 7.91. The first-order valence-corrected chi connectivity index (χ1v) is 5.95. The number of carboxylic acid groups (broad SMARTS) is 1. The van der Waals surface area contributed by atoms with E-state index in [4.69, 9.17) is 5.11 Å². The lowest BCUT2D eigenvalue weighted by Gasteiger charge is -2.00. The van der Waals surface area contributed by atoms with Crippen LogP contribution in [0.25, 0.3) is 0 Å². The van der Waals surface area contributed by atoms with Crippen LogP contribution in [0.3, 0.4) is 0 Å². The fourth-order valence-electron chi connectivity index (χ4n) is 0.994. The number of hydrogen-bond donors (Lipinski definition) is 1. The van der Waals surface area contributed by atoms with Gasteiger partial charge < -0.3 is 5.11 Å². The topological polar surface area (TPSA) is 71.4 Å². The van der Waals surface area contributed by atoms with Crippen LogP contribution in [0, 0.1) is 0 Å². The Morgan fingerprint density at radius 1 is 1.31 bits per heavy atom. The zero-order valence-electron chi connectivity index (χ0n) is 8.13. The van der Waals surface area contributed by atoms with Crippen LogP contribution < -0.4 is 0 Å². The largest absolute Gasteiger partial charge is 0.476 e. The van der Waals surface area contributed by atoms with Crippen LogP contribution in [0.15, 0.2) is 47.1 Å². The van der Waals surface area contributed by atoms with Crippen molar-refractivity contribution in [3.63, 3.8) is 0 Å². The minimum atomic E-state index is -3.67. The molecule has 0 spiro atoms. The molecule has 0 fully saturated rings. The maximum atomic E-state index is 12.6. The number of aliphatic carboxylic acids is 1. The molecule has 4 nitrogen and oxygen atoms in total. The van der Waals surface area contributed by atoms with Gasteiger partial charge in [-0.25, -0.2) is 13.2 Å². The zero-order valence-corrected chi connectivity index (χ0v) is 8.95. The van der Waals surface area contributed by atoms with E-state index >= 15 is 0 Å². The summed E-state index contributed by atoms with van der Waals surface area (Å²) >= 11 is 0. The van der Waals surface area contributed by atoms with E-state index in [1.165, 1.54) is 24.3 Å². The van der Waals surface area contributed by atoms with Crippen molar-refractivity contribution in [1.82, 2.24) is 0 Å². The summed E-state index contributed by atoms with van der Waals surface area (Å²) < 4.78 is 35.7. The van der Waals surface area contributed by atoms with E-state index in [0.29, 0.717) is 6.08 Å². The number of carbonyl (C=O) groups is 1. The average molecular weight is 244 g/mol. The molecule has 0 saturated heterocycles. The Bertz CT molecular complexity index is 505. The van der Waals surface area contributed by atoms with E-state index in [2.05, 4.69) is 0 Å². The van der Waals surface area contributed by atoms with Gasteiger partial charge in [-0.1, -0.05) is 18.2 Å². The van der Waals surface area contributed by atoms with Crippen LogP contribution in [-0.2, 0) is 14.6 Å². The summed E-state index contributed by atoms with van der Waals surface area (Å²) in [4.78, 5) is 10.1. The molecule has 86 valence electrons. The molecule has 0 atom stereocenters. The second-order valence-electron chi connectivity index (χ2n) is 2.95. The third kappa shape index (κ3) is 3.16. The smallest absolute Gasteiger partial charge is 0.364 e. The summed E-state index contributed by atoms with van der Waals surface area (Å²) in [6.07, 6.45) is 0.532. The van der Waals surface area contributed by atoms with Gasteiger partial charge in [0.2, 0.25) is 5.83 Å². The molecule has 0 amide bonds. The van der Waals surface area contributed by atoms with Crippen molar-refractivity contribution < 1.29 is 22.7 Å². The van der Waals surface area contributed by atoms with Gasteiger partial charge in [0.15, 0.2) is 9.84 Å². The van der Waals surface area contributed by atoms with Crippen molar-refractivity contribution in [2.24, 2.45) is 0 Å². The molecule has 1 aromatic carbocycles. The van der Waals surface area contributed by atoms with E-state index < -0.39 is 27.4 Å². The van der Waals surface area contributed by atoms with Gasteiger partial charge in [0.25, 0.3) is 0 Å². The Kier molecular flexibility index (Phi) is 3.78. The molecule has 0 aliphatic carbocycles. The normalized spacial score (nSPS) is 12.4. The second-order valence-corrected chi connectivity index (χ2v) is 4.99. The first-order valence-electron chi connectivity index (χ1n) is 4.30. The summed E-state index contributed by atoms with van der Waals surface area (Å²) in [5.41, 5.74) is 0. The number of benzene rings is 1. The molecule has 0 aromatic heterocycles. The lowest BCUT2D eigenvalue weighted by Crippen LogP contribution is -2.06. The van der Waals surface area contributed by atoms with Crippen LogP contribution in [0.2, 0.25) is 0 Å². The maximum absolute atomic E-state index is 12.6. The highest BCUT2D eigenvalue weighted by Crippen LogP contribution is 2.11. The summed E-state index contributed by atoms with van der Waals surface area (Å²) in [6, 6.07) is 7.44. The minimum absolute atomic E-state index is 0.0319. The molecule has 1 N–H and O–H groups in total. The third-order valence-corrected chi connectivity index (χ3v) is 3.38. The molecule has 0 saturated carbocycles. The van der Waals surface area contributed by atoms with E-state index in [1.807, 2.05) is 0 Å². The number of rotatable bonds is 4. The summed E-state index contributed by atoms with van der Waals surface area (Å²) in [5.74, 6) is -3.92. The molecule has 0 aliphatic heterocycles. The van der Waals surface area contributed by atoms with Crippen molar-refractivity contribution >= 4 is 15.8 Å². The third-order valence-electron chi connectivity index (χ3n) is 1.79.